The molecule has 5 aromatic carbocycles. The fraction of sp³-hybridized carbons (Fsp3) is 0.191. The molecule has 1 aromatic heterocycles. The van der Waals surface area contributed by atoms with E-state index < -0.39 is 0 Å². The summed E-state index contributed by atoms with van der Waals surface area (Å²) >= 11 is 0. The number of fused-ring (bicyclic) bond motifs is 6. The quantitative estimate of drug-likeness (QED) is 0.142. The number of nitrogens with one attached hydrogen (secondary N) is 2. The Labute approximate surface area is 301 Å². The fourth-order valence-electron chi connectivity index (χ4n) is 8.76. The Hall–Kier alpha value is -5.42. The highest BCUT2D eigenvalue weighted by molar-refractivity contribution is 5.79. The summed E-state index contributed by atoms with van der Waals surface area (Å²) in [4.78, 5) is 0. The van der Waals surface area contributed by atoms with E-state index >= 15 is 0 Å². The molecule has 5 atom stereocenters. The maximum Gasteiger partial charge on any atom is 0.0815 e. The van der Waals surface area contributed by atoms with Gasteiger partial charge in [-0.15, -0.1) is 0 Å². The standard InChI is InChI=1S/C47H44N4/c1-30-23-24-43-39(25-30)46-31(2)45-38-21-9-10-22-40(38)49-42(45)29-44(46)51(43)37-20-12-18-35(28-37)41(26-32-13-5-3-6-14-32)50-47(48)36-19-11-17-34(27-36)33-15-7-4-8-16-33/h3-24,27-31,41,45,47,49-50H,25-26,48H2,1-2H3/t30?,31?,41-,45?,47?/m0/s1. The second kappa shape index (κ2) is 13.0. The molecule has 4 nitrogen and oxygen atoms in total. The number of rotatable bonds is 8. The summed E-state index contributed by atoms with van der Waals surface area (Å²) < 4.78 is 2.52. The molecule has 252 valence electrons. The molecule has 0 radical (unpaired) electrons. The van der Waals surface area contributed by atoms with Crippen LogP contribution in [0.25, 0.3) is 29.0 Å². The fourth-order valence-corrected chi connectivity index (χ4v) is 8.76. The first-order valence-corrected chi connectivity index (χ1v) is 18.4. The van der Waals surface area contributed by atoms with Gasteiger partial charge in [0.25, 0.3) is 0 Å². The average molecular weight is 665 g/mol. The summed E-state index contributed by atoms with van der Waals surface area (Å²) in [5.74, 6) is 1.23. The third-order valence-corrected chi connectivity index (χ3v) is 11.2. The minimum Gasteiger partial charge on any atom is -0.358 e. The molecule has 3 aliphatic rings. The zero-order valence-corrected chi connectivity index (χ0v) is 29.3. The van der Waals surface area contributed by atoms with Crippen molar-refractivity contribution in [3.05, 3.63) is 190 Å². The summed E-state index contributed by atoms with van der Waals surface area (Å²) in [7, 11) is 0. The lowest BCUT2D eigenvalue weighted by atomic mass is 9.75. The van der Waals surface area contributed by atoms with Crippen LogP contribution in [0, 0.1) is 5.92 Å². The molecule has 0 spiro atoms. The Balaban J connectivity index is 1.12. The Morgan fingerprint density at radius 2 is 1.49 bits per heavy atom. The van der Waals surface area contributed by atoms with Crippen molar-refractivity contribution in [2.75, 3.05) is 5.32 Å². The number of hydrogen-bond acceptors (Lipinski definition) is 3. The summed E-state index contributed by atoms with van der Waals surface area (Å²) in [5.41, 5.74) is 23.7. The molecule has 9 rings (SSSR count). The first-order valence-electron chi connectivity index (χ1n) is 18.4. The molecule has 4 unspecified atom stereocenters. The monoisotopic (exact) mass is 664 g/mol. The van der Waals surface area contributed by atoms with Gasteiger partial charge in [0.15, 0.2) is 0 Å². The molecule has 1 aliphatic heterocycles. The van der Waals surface area contributed by atoms with Crippen LogP contribution in [0.1, 0.15) is 82.7 Å². The highest BCUT2D eigenvalue weighted by atomic mass is 15.1. The molecule has 6 aromatic rings. The van der Waals surface area contributed by atoms with E-state index in [1.165, 1.54) is 67.4 Å². The maximum atomic E-state index is 7.02. The number of nitrogens with zero attached hydrogens (tertiary/aromatic N) is 1. The van der Waals surface area contributed by atoms with Gasteiger partial charge in [-0.2, -0.15) is 0 Å². The second-order valence-electron chi connectivity index (χ2n) is 14.6. The highest BCUT2D eigenvalue weighted by Crippen LogP contribution is 2.53. The van der Waals surface area contributed by atoms with Gasteiger partial charge in [-0.1, -0.05) is 129 Å². The van der Waals surface area contributed by atoms with Crippen LogP contribution >= 0.6 is 0 Å². The van der Waals surface area contributed by atoms with Gasteiger partial charge in [0.2, 0.25) is 0 Å². The highest BCUT2D eigenvalue weighted by Gasteiger charge is 2.40. The number of para-hydroxylation sites is 1. The number of allylic oxidation sites excluding steroid dienone is 2. The van der Waals surface area contributed by atoms with Crippen LogP contribution in [0.4, 0.5) is 5.69 Å². The average Bonchev–Trinajstić information content (AvgIpc) is 3.71. The zero-order valence-electron chi connectivity index (χ0n) is 29.3. The molecule has 4 heteroatoms. The van der Waals surface area contributed by atoms with E-state index in [1.54, 1.807) is 0 Å². The Kier molecular flexibility index (Phi) is 8.07. The first kappa shape index (κ1) is 31.6. The van der Waals surface area contributed by atoms with Crippen molar-refractivity contribution >= 4 is 17.8 Å². The van der Waals surface area contributed by atoms with Crippen LogP contribution in [-0.2, 0) is 12.8 Å². The zero-order chi connectivity index (χ0) is 34.5. The van der Waals surface area contributed by atoms with E-state index in [2.05, 4.69) is 181 Å². The summed E-state index contributed by atoms with van der Waals surface area (Å²) in [6.07, 6.45) is 8.71. The van der Waals surface area contributed by atoms with E-state index in [9.17, 15) is 0 Å². The van der Waals surface area contributed by atoms with Crippen molar-refractivity contribution in [3.8, 4) is 16.8 Å². The van der Waals surface area contributed by atoms with E-state index in [0.717, 1.165) is 18.4 Å². The van der Waals surface area contributed by atoms with Gasteiger partial charge in [-0.05, 0) is 106 Å². The number of benzene rings is 5. The molecular formula is C47H44N4. The van der Waals surface area contributed by atoms with Gasteiger partial charge < -0.3 is 15.6 Å². The third-order valence-electron chi connectivity index (χ3n) is 11.2. The minimum absolute atomic E-state index is 0.00633. The third kappa shape index (κ3) is 5.75. The normalized spacial score (nSPS) is 19.6. The molecule has 51 heavy (non-hydrogen) atoms. The number of hydrogen-bond donors (Lipinski definition) is 3. The molecule has 0 saturated heterocycles. The Bertz CT molecular complexity index is 2280. The predicted octanol–water partition coefficient (Wildman–Crippen LogP) is 10.5. The minimum atomic E-state index is -0.347. The van der Waals surface area contributed by atoms with Crippen molar-refractivity contribution in [1.82, 2.24) is 9.88 Å². The van der Waals surface area contributed by atoms with Crippen LogP contribution in [0.5, 0.6) is 0 Å². The Morgan fingerprint density at radius 1 is 0.765 bits per heavy atom. The number of anilines is 1. The first-order chi connectivity index (χ1) is 25.0. The Morgan fingerprint density at radius 3 is 2.33 bits per heavy atom. The largest absolute Gasteiger partial charge is 0.358 e. The topological polar surface area (TPSA) is 55.0 Å². The van der Waals surface area contributed by atoms with Crippen molar-refractivity contribution < 1.29 is 0 Å². The summed E-state index contributed by atoms with van der Waals surface area (Å²) in [5, 5.41) is 7.65. The van der Waals surface area contributed by atoms with E-state index in [0.29, 0.717) is 17.8 Å². The van der Waals surface area contributed by atoms with Gasteiger partial charge in [0, 0.05) is 34.7 Å². The molecule has 2 aliphatic carbocycles. The van der Waals surface area contributed by atoms with Crippen LogP contribution in [-0.4, -0.2) is 4.57 Å². The van der Waals surface area contributed by atoms with Crippen LogP contribution < -0.4 is 16.4 Å². The lowest BCUT2D eigenvalue weighted by Crippen LogP contribution is -2.33. The maximum absolute atomic E-state index is 7.02. The molecule has 0 fully saturated rings. The molecule has 0 amide bonds. The van der Waals surface area contributed by atoms with Gasteiger partial charge in [0.05, 0.1) is 11.9 Å². The van der Waals surface area contributed by atoms with Crippen LogP contribution in [0.2, 0.25) is 0 Å². The lowest BCUT2D eigenvalue weighted by Gasteiger charge is -2.28. The van der Waals surface area contributed by atoms with Crippen molar-refractivity contribution in [3.63, 3.8) is 0 Å². The molecule has 4 N–H and O–H groups in total. The number of nitrogens with two attached hydrogens (primary N) is 1. The molecule has 2 heterocycles. The van der Waals surface area contributed by atoms with E-state index in [4.69, 9.17) is 5.73 Å². The SMILES string of the molecule is CC1C=Cc2c(c3c(n2-c2cccc([C@H](Cc4ccccc4)NC(N)c4cccc(-c5ccccc5)c4)c2)C=C2Nc4ccccc4C2C3C)C1. The van der Waals surface area contributed by atoms with Gasteiger partial charge in [-0.3, -0.25) is 5.32 Å². The second-order valence-corrected chi connectivity index (χ2v) is 14.6. The van der Waals surface area contributed by atoms with E-state index in [1.807, 2.05) is 0 Å². The van der Waals surface area contributed by atoms with Gasteiger partial charge >= 0.3 is 0 Å². The van der Waals surface area contributed by atoms with Crippen LogP contribution in [0.3, 0.4) is 0 Å². The van der Waals surface area contributed by atoms with Crippen molar-refractivity contribution in [2.24, 2.45) is 11.7 Å². The van der Waals surface area contributed by atoms with Crippen molar-refractivity contribution in [2.45, 2.75) is 50.7 Å². The summed E-state index contributed by atoms with van der Waals surface area (Å²) in [6, 6.07) is 47.8. The smallest absolute Gasteiger partial charge is 0.0815 e. The number of aromatic nitrogens is 1. The molecule has 0 bridgehead atoms. The van der Waals surface area contributed by atoms with Crippen LogP contribution in [0.15, 0.2) is 145 Å². The molecular weight excluding hydrogens is 621 g/mol. The van der Waals surface area contributed by atoms with E-state index in [-0.39, 0.29) is 12.2 Å². The molecule has 0 saturated carbocycles. The van der Waals surface area contributed by atoms with Gasteiger partial charge in [-0.25, -0.2) is 0 Å². The lowest BCUT2D eigenvalue weighted by molar-refractivity contribution is 0.451. The summed E-state index contributed by atoms with van der Waals surface area (Å²) in [6.45, 7) is 4.77. The van der Waals surface area contributed by atoms with Gasteiger partial charge in [0.1, 0.15) is 0 Å². The predicted molar refractivity (Wildman–Crippen MR) is 212 cm³/mol. The van der Waals surface area contributed by atoms with Crippen molar-refractivity contribution in [1.29, 1.82) is 0 Å².